The number of fused-ring (bicyclic) bond motifs is 1. The number of ether oxygens (including phenoxy) is 1. The van der Waals surface area contributed by atoms with Gasteiger partial charge in [-0.05, 0) is 75.2 Å². The predicted molar refractivity (Wildman–Crippen MR) is 115 cm³/mol. The van der Waals surface area contributed by atoms with E-state index in [1.165, 1.54) is 6.21 Å². The van der Waals surface area contributed by atoms with Crippen LogP contribution in [0.25, 0.3) is 5.65 Å². The number of aromatic nitrogens is 2. The van der Waals surface area contributed by atoms with E-state index in [-0.39, 0.29) is 24.5 Å². The molecular formula is C22H25N5O3. The average molecular weight is 407 g/mol. The van der Waals surface area contributed by atoms with Gasteiger partial charge < -0.3 is 10.1 Å². The Labute approximate surface area is 175 Å². The molecule has 0 saturated heterocycles. The molecule has 0 aliphatic heterocycles. The Hall–Kier alpha value is -3.68. The van der Waals surface area contributed by atoms with Crippen LogP contribution in [0.5, 0.6) is 5.75 Å². The molecular weight excluding hydrogens is 382 g/mol. The molecule has 156 valence electrons. The van der Waals surface area contributed by atoms with Crippen LogP contribution in [0.15, 0.2) is 47.7 Å². The summed E-state index contributed by atoms with van der Waals surface area (Å²) in [6.45, 7) is 7.51. The fraction of sp³-hybridized carbons (Fsp3) is 0.273. The van der Waals surface area contributed by atoms with E-state index in [0.717, 1.165) is 16.8 Å². The summed E-state index contributed by atoms with van der Waals surface area (Å²) in [6, 6.07) is 11.0. The van der Waals surface area contributed by atoms with E-state index in [1.807, 2.05) is 39.1 Å². The first kappa shape index (κ1) is 21.0. The third kappa shape index (κ3) is 5.22. The lowest BCUT2D eigenvalue weighted by molar-refractivity contribution is -0.123. The second kappa shape index (κ2) is 9.21. The Kier molecular flexibility index (Phi) is 6.46. The molecule has 0 atom stereocenters. The number of carbonyl (C=O) groups excluding carboxylic acids is 2. The van der Waals surface area contributed by atoms with E-state index in [1.54, 1.807) is 35.6 Å². The Morgan fingerprint density at radius 2 is 1.93 bits per heavy atom. The number of rotatable bonds is 7. The number of aryl methyl sites for hydroxylation is 2. The smallest absolute Gasteiger partial charge is 0.290 e. The van der Waals surface area contributed by atoms with E-state index in [0.29, 0.717) is 17.1 Å². The van der Waals surface area contributed by atoms with Crippen molar-refractivity contribution in [3.8, 4) is 5.75 Å². The van der Waals surface area contributed by atoms with E-state index < -0.39 is 0 Å². The van der Waals surface area contributed by atoms with Crippen molar-refractivity contribution in [1.29, 1.82) is 0 Å². The minimum absolute atomic E-state index is 0.0418. The summed E-state index contributed by atoms with van der Waals surface area (Å²) < 4.78 is 7.19. The molecule has 0 radical (unpaired) electrons. The molecule has 0 spiro atoms. The number of nitrogens with zero attached hydrogens (tertiary/aromatic N) is 3. The zero-order valence-electron chi connectivity index (χ0n) is 17.5. The molecule has 0 unspecified atom stereocenters. The summed E-state index contributed by atoms with van der Waals surface area (Å²) >= 11 is 0. The summed E-state index contributed by atoms with van der Waals surface area (Å²) in [6.07, 6.45) is 3.36. The highest BCUT2D eigenvalue weighted by atomic mass is 16.5. The molecule has 2 aromatic heterocycles. The molecule has 0 aliphatic rings. The lowest BCUT2D eigenvalue weighted by atomic mass is 10.2. The summed E-state index contributed by atoms with van der Waals surface area (Å²) in [7, 11) is 0. The minimum atomic E-state index is -0.337. The second-order valence-electron chi connectivity index (χ2n) is 7.26. The normalized spacial score (nSPS) is 11.2. The van der Waals surface area contributed by atoms with Crippen molar-refractivity contribution in [1.82, 2.24) is 20.1 Å². The molecule has 0 saturated carbocycles. The monoisotopic (exact) mass is 407 g/mol. The number of imidazole rings is 1. The van der Waals surface area contributed by atoms with Gasteiger partial charge in [0, 0.05) is 12.2 Å². The van der Waals surface area contributed by atoms with Crippen LogP contribution in [-0.2, 0) is 4.79 Å². The maximum absolute atomic E-state index is 12.6. The highest BCUT2D eigenvalue weighted by molar-refractivity contribution is 5.95. The zero-order valence-corrected chi connectivity index (χ0v) is 17.5. The van der Waals surface area contributed by atoms with Crippen molar-refractivity contribution in [3.05, 3.63) is 65.1 Å². The van der Waals surface area contributed by atoms with Crippen molar-refractivity contribution in [3.63, 3.8) is 0 Å². The Morgan fingerprint density at radius 3 is 2.63 bits per heavy atom. The maximum atomic E-state index is 12.6. The van der Waals surface area contributed by atoms with Gasteiger partial charge in [-0.2, -0.15) is 5.10 Å². The van der Waals surface area contributed by atoms with Gasteiger partial charge in [-0.15, -0.1) is 0 Å². The Morgan fingerprint density at radius 1 is 1.20 bits per heavy atom. The molecule has 3 rings (SSSR count). The highest BCUT2D eigenvalue weighted by Crippen LogP contribution is 2.14. The molecule has 30 heavy (non-hydrogen) atoms. The molecule has 2 amide bonds. The average Bonchev–Trinajstić information content (AvgIpc) is 3.01. The van der Waals surface area contributed by atoms with Crippen LogP contribution in [0.2, 0.25) is 0 Å². The van der Waals surface area contributed by atoms with Gasteiger partial charge in [0.2, 0.25) is 0 Å². The van der Waals surface area contributed by atoms with Crippen molar-refractivity contribution < 1.29 is 14.3 Å². The van der Waals surface area contributed by atoms with Gasteiger partial charge in [0.05, 0.1) is 11.9 Å². The number of carbonyl (C=O) groups is 2. The standard InChI is InChI=1S/C22H25N5O3/c1-14(2)24-20(28)13-30-18-7-5-17(6-8-18)12-23-26-22(29)21-16(4)25-19-11-15(3)9-10-27(19)21/h5-12,14H,13H2,1-4H3,(H,24,28)(H,26,29)/b23-12-. The van der Waals surface area contributed by atoms with Crippen LogP contribution in [0.4, 0.5) is 0 Å². The third-order valence-electron chi connectivity index (χ3n) is 4.25. The van der Waals surface area contributed by atoms with Gasteiger partial charge >= 0.3 is 0 Å². The van der Waals surface area contributed by atoms with Crippen LogP contribution in [0, 0.1) is 13.8 Å². The molecule has 2 N–H and O–H groups in total. The number of pyridine rings is 1. The highest BCUT2D eigenvalue weighted by Gasteiger charge is 2.16. The van der Waals surface area contributed by atoms with Crippen molar-refractivity contribution in [2.24, 2.45) is 5.10 Å². The largest absolute Gasteiger partial charge is 0.484 e. The van der Waals surface area contributed by atoms with Gasteiger partial charge in [-0.25, -0.2) is 10.4 Å². The molecule has 2 heterocycles. The SMILES string of the molecule is Cc1ccn2c(C(=O)N/N=C\c3ccc(OCC(=O)NC(C)C)cc3)c(C)nc2c1. The van der Waals surface area contributed by atoms with Gasteiger partial charge in [0.1, 0.15) is 17.1 Å². The van der Waals surface area contributed by atoms with Gasteiger partial charge in [-0.3, -0.25) is 14.0 Å². The molecule has 0 aliphatic carbocycles. The topological polar surface area (TPSA) is 97.1 Å². The summed E-state index contributed by atoms with van der Waals surface area (Å²) in [5.41, 5.74) is 6.20. The second-order valence-corrected chi connectivity index (χ2v) is 7.26. The van der Waals surface area contributed by atoms with Gasteiger partial charge in [0.25, 0.3) is 11.8 Å². The van der Waals surface area contributed by atoms with Crippen LogP contribution >= 0.6 is 0 Å². The van der Waals surface area contributed by atoms with Crippen molar-refractivity contribution in [2.45, 2.75) is 33.7 Å². The van der Waals surface area contributed by atoms with Crippen molar-refractivity contribution in [2.75, 3.05) is 6.61 Å². The van der Waals surface area contributed by atoms with Crippen LogP contribution in [-0.4, -0.2) is 40.1 Å². The minimum Gasteiger partial charge on any atom is -0.484 e. The molecule has 8 nitrogen and oxygen atoms in total. The fourth-order valence-corrected chi connectivity index (χ4v) is 2.92. The first-order valence-electron chi connectivity index (χ1n) is 9.64. The molecule has 8 heteroatoms. The number of hydrogen-bond donors (Lipinski definition) is 2. The molecule has 1 aromatic carbocycles. The van der Waals surface area contributed by atoms with Crippen LogP contribution in [0.1, 0.15) is 41.2 Å². The third-order valence-corrected chi connectivity index (χ3v) is 4.25. The summed E-state index contributed by atoms with van der Waals surface area (Å²) in [4.78, 5) is 28.6. The number of benzene rings is 1. The number of hydrogen-bond acceptors (Lipinski definition) is 5. The van der Waals surface area contributed by atoms with Crippen molar-refractivity contribution >= 4 is 23.7 Å². The zero-order chi connectivity index (χ0) is 21.7. The van der Waals surface area contributed by atoms with Gasteiger partial charge in [-0.1, -0.05) is 0 Å². The Balaban J connectivity index is 1.58. The lowest BCUT2D eigenvalue weighted by Gasteiger charge is -2.09. The molecule has 3 aromatic rings. The van der Waals surface area contributed by atoms with E-state index in [9.17, 15) is 9.59 Å². The predicted octanol–water partition coefficient (Wildman–Crippen LogP) is 2.62. The number of amides is 2. The van der Waals surface area contributed by atoms with Crippen LogP contribution < -0.4 is 15.5 Å². The molecule has 0 fully saturated rings. The van der Waals surface area contributed by atoms with Gasteiger partial charge in [0.15, 0.2) is 6.61 Å². The summed E-state index contributed by atoms with van der Waals surface area (Å²) in [5, 5.41) is 6.79. The first-order valence-corrected chi connectivity index (χ1v) is 9.64. The fourth-order valence-electron chi connectivity index (χ4n) is 2.92. The number of hydrazone groups is 1. The molecule has 0 bridgehead atoms. The lowest BCUT2D eigenvalue weighted by Crippen LogP contribution is -2.34. The van der Waals surface area contributed by atoms with E-state index in [4.69, 9.17) is 4.74 Å². The quantitative estimate of drug-likeness (QED) is 0.465. The van der Waals surface area contributed by atoms with E-state index in [2.05, 4.69) is 20.8 Å². The van der Waals surface area contributed by atoms with E-state index >= 15 is 0 Å². The van der Waals surface area contributed by atoms with Crippen LogP contribution in [0.3, 0.4) is 0 Å². The first-order chi connectivity index (χ1) is 14.3. The number of nitrogens with one attached hydrogen (secondary N) is 2. The maximum Gasteiger partial charge on any atom is 0.290 e. The Bertz CT molecular complexity index is 1080. The summed E-state index contributed by atoms with van der Waals surface area (Å²) in [5.74, 6) is 0.0687.